The fourth-order valence-electron chi connectivity index (χ4n) is 3.87. The summed E-state index contributed by atoms with van der Waals surface area (Å²) in [4.78, 5) is 12.7. The first kappa shape index (κ1) is 18.2. The van der Waals surface area contributed by atoms with E-state index in [2.05, 4.69) is 4.57 Å². The molecule has 0 unspecified atom stereocenters. The molecule has 0 saturated carbocycles. The number of methoxy groups -OCH3 is 2. The second-order valence-corrected chi connectivity index (χ2v) is 6.64. The van der Waals surface area contributed by atoms with Gasteiger partial charge in [-0.15, -0.1) is 0 Å². The molecule has 0 radical (unpaired) electrons. The van der Waals surface area contributed by atoms with Gasteiger partial charge in [0.15, 0.2) is 11.5 Å². The minimum Gasteiger partial charge on any atom is -0.493 e. The normalized spacial score (nSPS) is 12.1. The van der Waals surface area contributed by atoms with Crippen molar-refractivity contribution < 1.29 is 19.0 Å². The first-order valence-electron chi connectivity index (χ1n) is 9.39. The van der Waals surface area contributed by atoms with Crippen LogP contribution in [0, 0.1) is 0 Å². The van der Waals surface area contributed by atoms with Gasteiger partial charge in [-0.2, -0.15) is 0 Å². The Labute approximate surface area is 164 Å². The predicted octanol–water partition coefficient (Wildman–Crippen LogP) is 4.57. The van der Waals surface area contributed by atoms with Crippen LogP contribution < -0.4 is 9.47 Å². The maximum atomic E-state index is 12.7. The van der Waals surface area contributed by atoms with Crippen molar-refractivity contribution in [3.63, 3.8) is 0 Å². The van der Waals surface area contributed by atoms with Crippen molar-refractivity contribution in [2.45, 2.75) is 19.9 Å². The van der Waals surface area contributed by atoms with Gasteiger partial charge >= 0.3 is 5.97 Å². The summed E-state index contributed by atoms with van der Waals surface area (Å²) in [5.74, 6) is 1.09. The molecule has 2 aromatic carbocycles. The molecule has 0 amide bonds. The Balaban J connectivity index is 1.95. The molecule has 1 aliphatic rings. The predicted molar refractivity (Wildman–Crippen MR) is 108 cm³/mol. The average Bonchev–Trinajstić information content (AvgIpc) is 3.13. The van der Waals surface area contributed by atoms with Crippen LogP contribution in [0.15, 0.2) is 48.5 Å². The molecule has 0 aliphatic carbocycles. The zero-order valence-electron chi connectivity index (χ0n) is 16.3. The second kappa shape index (κ2) is 7.43. The van der Waals surface area contributed by atoms with Crippen LogP contribution in [-0.4, -0.2) is 31.4 Å². The quantitative estimate of drug-likeness (QED) is 0.611. The summed E-state index contributed by atoms with van der Waals surface area (Å²) in [6, 6.07) is 15.9. The molecule has 1 aromatic heterocycles. The van der Waals surface area contributed by atoms with Gasteiger partial charge in [0.1, 0.15) is 0 Å². The van der Waals surface area contributed by atoms with Crippen LogP contribution in [-0.2, 0) is 17.7 Å². The van der Waals surface area contributed by atoms with Crippen LogP contribution in [0.2, 0.25) is 0 Å². The zero-order chi connectivity index (χ0) is 19.7. The number of hydrogen-bond acceptors (Lipinski definition) is 4. The molecule has 5 nitrogen and oxygen atoms in total. The van der Waals surface area contributed by atoms with E-state index < -0.39 is 0 Å². The molecule has 144 valence electrons. The van der Waals surface area contributed by atoms with Gasteiger partial charge in [0.25, 0.3) is 0 Å². The number of ether oxygens (including phenoxy) is 3. The lowest BCUT2D eigenvalue weighted by molar-refractivity contribution is 0.0527. The largest absolute Gasteiger partial charge is 0.493 e. The molecule has 0 N–H and O–H groups in total. The van der Waals surface area contributed by atoms with Crippen molar-refractivity contribution in [2.24, 2.45) is 0 Å². The van der Waals surface area contributed by atoms with Gasteiger partial charge in [-0.1, -0.05) is 30.3 Å². The fourth-order valence-corrected chi connectivity index (χ4v) is 3.87. The van der Waals surface area contributed by atoms with Crippen molar-refractivity contribution in [2.75, 3.05) is 20.8 Å². The number of carbonyl (C=O) groups excluding carboxylic acids is 1. The van der Waals surface area contributed by atoms with E-state index in [1.807, 2.05) is 55.5 Å². The molecule has 1 aliphatic heterocycles. The van der Waals surface area contributed by atoms with Gasteiger partial charge < -0.3 is 18.8 Å². The summed E-state index contributed by atoms with van der Waals surface area (Å²) in [5, 5.41) is 0. The summed E-state index contributed by atoms with van der Waals surface area (Å²) in [6.45, 7) is 2.94. The van der Waals surface area contributed by atoms with E-state index >= 15 is 0 Å². The molecule has 4 rings (SSSR count). The van der Waals surface area contributed by atoms with Crippen molar-refractivity contribution >= 4 is 5.97 Å². The van der Waals surface area contributed by atoms with E-state index in [0.717, 1.165) is 41.2 Å². The maximum absolute atomic E-state index is 12.7. The van der Waals surface area contributed by atoms with Crippen LogP contribution in [0.1, 0.15) is 22.8 Å². The Hall–Kier alpha value is -3.21. The Morgan fingerprint density at radius 1 is 1.04 bits per heavy atom. The Morgan fingerprint density at radius 3 is 2.43 bits per heavy atom. The third-order valence-electron chi connectivity index (χ3n) is 5.13. The Bertz CT molecular complexity index is 1020. The van der Waals surface area contributed by atoms with Crippen LogP contribution in [0.5, 0.6) is 11.5 Å². The number of benzene rings is 2. The van der Waals surface area contributed by atoms with Crippen molar-refractivity contribution in [1.82, 2.24) is 4.57 Å². The van der Waals surface area contributed by atoms with Crippen molar-refractivity contribution in [3.05, 3.63) is 59.7 Å². The SMILES string of the molecule is CCOC(=O)c1cc2n(c1-c1ccccc1)CCc1cc(OC)c(OC)cc1-2. The number of fused-ring (bicyclic) bond motifs is 3. The van der Waals surface area contributed by atoms with E-state index in [1.54, 1.807) is 14.2 Å². The fraction of sp³-hybridized carbons (Fsp3) is 0.261. The van der Waals surface area contributed by atoms with E-state index in [-0.39, 0.29) is 5.97 Å². The van der Waals surface area contributed by atoms with Crippen LogP contribution in [0.25, 0.3) is 22.5 Å². The highest BCUT2D eigenvalue weighted by Crippen LogP contribution is 2.42. The van der Waals surface area contributed by atoms with Gasteiger partial charge in [0.2, 0.25) is 0 Å². The highest BCUT2D eigenvalue weighted by Gasteiger charge is 2.27. The lowest BCUT2D eigenvalue weighted by atomic mass is 9.97. The molecule has 0 bridgehead atoms. The van der Waals surface area contributed by atoms with Crippen molar-refractivity contribution in [1.29, 1.82) is 0 Å². The molecule has 5 heteroatoms. The number of hydrogen-bond donors (Lipinski definition) is 0. The number of carbonyl (C=O) groups is 1. The highest BCUT2D eigenvalue weighted by atomic mass is 16.5. The molecule has 28 heavy (non-hydrogen) atoms. The lowest BCUT2D eigenvalue weighted by Crippen LogP contribution is -2.13. The minimum absolute atomic E-state index is 0.301. The summed E-state index contributed by atoms with van der Waals surface area (Å²) in [6.07, 6.45) is 0.847. The Morgan fingerprint density at radius 2 is 1.75 bits per heavy atom. The first-order chi connectivity index (χ1) is 13.7. The number of aryl methyl sites for hydroxylation is 1. The van der Waals surface area contributed by atoms with E-state index in [4.69, 9.17) is 14.2 Å². The standard InChI is InChI=1S/C23H23NO4/c1-4-28-23(25)18-13-19-17-14-21(27-3)20(26-2)12-16(17)10-11-24(19)22(18)15-8-6-5-7-9-15/h5-9,12-14H,4,10-11H2,1-3H3. The maximum Gasteiger partial charge on any atom is 0.340 e. The van der Waals surface area contributed by atoms with E-state index in [0.29, 0.717) is 17.9 Å². The van der Waals surface area contributed by atoms with E-state index in [1.165, 1.54) is 5.56 Å². The Kier molecular flexibility index (Phi) is 4.82. The van der Waals surface area contributed by atoms with Crippen molar-refractivity contribution in [3.8, 4) is 34.0 Å². The number of aromatic nitrogens is 1. The highest BCUT2D eigenvalue weighted by molar-refractivity contribution is 5.99. The van der Waals surface area contributed by atoms with Gasteiger partial charge in [-0.3, -0.25) is 0 Å². The number of nitrogens with zero attached hydrogens (tertiary/aromatic N) is 1. The second-order valence-electron chi connectivity index (χ2n) is 6.64. The monoisotopic (exact) mass is 377 g/mol. The molecule has 0 spiro atoms. The van der Waals surface area contributed by atoms with Gasteiger partial charge in [0.05, 0.1) is 32.1 Å². The molecule has 3 aromatic rings. The topological polar surface area (TPSA) is 49.7 Å². The third kappa shape index (κ3) is 2.93. The molecule has 2 heterocycles. The lowest BCUT2D eigenvalue weighted by Gasteiger charge is -2.23. The summed E-state index contributed by atoms with van der Waals surface area (Å²) in [5.41, 5.74) is 5.71. The molecular formula is C23H23NO4. The van der Waals surface area contributed by atoms with Crippen LogP contribution in [0.3, 0.4) is 0 Å². The summed E-state index contributed by atoms with van der Waals surface area (Å²) in [7, 11) is 3.27. The van der Waals surface area contributed by atoms with Crippen LogP contribution >= 0.6 is 0 Å². The average molecular weight is 377 g/mol. The summed E-state index contributed by atoms with van der Waals surface area (Å²) >= 11 is 0. The van der Waals surface area contributed by atoms with Gasteiger partial charge in [-0.25, -0.2) is 4.79 Å². The number of rotatable bonds is 5. The molecular weight excluding hydrogens is 354 g/mol. The molecule has 0 atom stereocenters. The third-order valence-corrected chi connectivity index (χ3v) is 5.13. The summed E-state index contributed by atoms with van der Waals surface area (Å²) < 4.78 is 18.5. The van der Waals surface area contributed by atoms with Gasteiger partial charge in [-0.05, 0) is 42.7 Å². The van der Waals surface area contributed by atoms with E-state index in [9.17, 15) is 4.79 Å². The minimum atomic E-state index is -0.301. The smallest absolute Gasteiger partial charge is 0.340 e. The zero-order valence-corrected chi connectivity index (χ0v) is 16.3. The number of esters is 1. The first-order valence-corrected chi connectivity index (χ1v) is 9.39. The molecule has 0 saturated heterocycles. The van der Waals surface area contributed by atoms with Crippen LogP contribution in [0.4, 0.5) is 0 Å². The van der Waals surface area contributed by atoms with Gasteiger partial charge in [0, 0.05) is 17.8 Å². The molecule has 0 fully saturated rings.